The summed E-state index contributed by atoms with van der Waals surface area (Å²) in [5.41, 5.74) is 0. The van der Waals surface area contributed by atoms with Gasteiger partial charge in [-0.15, -0.1) is 0 Å². The van der Waals surface area contributed by atoms with Crippen LogP contribution in [0.5, 0.6) is 0 Å². The number of hydrogen-bond donors (Lipinski definition) is 0. The summed E-state index contributed by atoms with van der Waals surface area (Å²) in [7, 11) is 0. The molecule has 15 heavy (non-hydrogen) atoms. The Hall–Kier alpha value is -1.36. The number of aromatic nitrogens is 2. The molecule has 1 fully saturated rings. The van der Waals surface area contributed by atoms with Gasteiger partial charge in [0, 0.05) is 25.5 Å². The van der Waals surface area contributed by atoms with Gasteiger partial charge in [0.05, 0.1) is 13.2 Å². The first-order valence-corrected chi connectivity index (χ1v) is 5.10. The van der Waals surface area contributed by atoms with E-state index >= 15 is 0 Å². The second kappa shape index (κ2) is 4.44. The number of morpholine rings is 1. The van der Waals surface area contributed by atoms with Crippen molar-refractivity contribution < 1.29 is 9.53 Å². The summed E-state index contributed by atoms with van der Waals surface area (Å²) in [6, 6.07) is 0. The van der Waals surface area contributed by atoms with Gasteiger partial charge in [-0.1, -0.05) is 0 Å². The maximum absolute atomic E-state index is 11.8. The van der Waals surface area contributed by atoms with Gasteiger partial charge in [-0.05, 0) is 6.92 Å². The van der Waals surface area contributed by atoms with E-state index in [1.807, 2.05) is 22.6 Å². The van der Waals surface area contributed by atoms with Crippen LogP contribution in [-0.4, -0.2) is 46.7 Å². The molecule has 0 radical (unpaired) electrons. The highest BCUT2D eigenvalue weighted by atomic mass is 16.5. The van der Waals surface area contributed by atoms with Crippen molar-refractivity contribution in [1.29, 1.82) is 0 Å². The minimum absolute atomic E-state index is 0.138. The SMILES string of the molecule is Cc1nccn1CC(=O)N1CCOCC1. The molecule has 0 bridgehead atoms. The zero-order valence-corrected chi connectivity index (χ0v) is 8.85. The van der Waals surface area contributed by atoms with E-state index in [-0.39, 0.29) is 5.91 Å². The predicted octanol–water partition coefficient (Wildman–Crippen LogP) is 0.0503. The third kappa shape index (κ3) is 2.36. The molecule has 1 aliphatic heterocycles. The Bertz CT molecular complexity index is 342. The quantitative estimate of drug-likeness (QED) is 0.691. The molecule has 82 valence electrons. The molecule has 0 unspecified atom stereocenters. The van der Waals surface area contributed by atoms with Crippen LogP contribution in [-0.2, 0) is 16.1 Å². The number of imidazole rings is 1. The molecule has 1 aliphatic rings. The molecule has 0 aromatic carbocycles. The maximum atomic E-state index is 11.8. The maximum Gasteiger partial charge on any atom is 0.242 e. The molecule has 0 saturated carbocycles. The second-order valence-corrected chi connectivity index (χ2v) is 3.60. The van der Waals surface area contributed by atoms with Crippen molar-refractivity contribution in [1.82, 2.24) is 14.5 Å². The van der Waals surface area contributed by atoms with Gasteiger partial charge in [0.25, 0.3) is 0 Å². The molecule has 5 heteroatoms. The number of ether oxygens (including phenoxy) is 1. The van der Waals surface area contributed by atoms with Crippen LogP contribution in [0.15, 0.2) is 12.4 Å². The lowest BCUT2D eigenvalue weighted by atomic mass is 10.4. The van der Waals surface area contributed by atoms with Gasteiger partial charge in [-0.2, -0.15) is 0 Å². The normalized spacial score (nSPS) is 16.7. The van der Waals surface area contributed by atoms with E-state index in [9.17, 15) is 4.79 Å². The van der Waals surface area contributed by atoms with Crippen molar-refractivity contribution in [3.8, 4) is 0 Å². The first kappa shape index (κ1) is 10.2. The van der Waals surface area contributed by atoms with Gasteiger partial charge in [0.2, 0.25) is 5.91 Å². The molecule has 1 aromatic rings. The first-order valence-electron chi connectivity index (χ1n) is 5.10. The number of carbonyl (C=O) groups excluding carboxylic acids is 1. The fourth-order valence-corrected chi connectivity index (χ4v) is 1.63. The van der Waals surface area contributed by atoms with E-state index in [0.29, 0.717) is 32.8 Å². The zero-order valence-electron chi connectivity index (χ0n) is 8.85. The largest absolute Gasteiger partial charge is 0.378 e. The van der Waals surface area contributed by atoms with Crippen LogP contribution >= 0.6 is 0 Å². The molecule has 0 N–H and O–H groups in total. The van der Waals surface area contributed by atoms with Gasteiger partial charge in [0.1, 0.15) is 12.4 Å². The zero-order chi connectivity index (χ0) is 10.7. The Morgan fingerprint density at radius 1 is 1.53 bits per heavy atom. The summed E-state index contributed by atoms with van der Waals surface area (Å²) in [5.74, 6) is 1.01. The summed E-state index contributed by atoms with van der Waals surface area (Å²) in [6.45, 7) is 4.97. The Labute approximate surface area is 88.7 Å². The van der Waals surface area contributed by atoms with Gasteiger partial charge < -0.3 is 14.2 Å². The van der Waals surface area contributed by atoms with Gasteiger partial charge >= 0.3 is 0 Å². The average Bonchev–Trinajstić information content (AvgIpc) is 2.66. The molecule has 0 aliphatic carbocycles. The van der Waals surface area contributed by atoms with Crippen molar-refractivity contribution in [3.05, 3.63) is 18.2 Å². The number of amides is 1. The van der Waals surface area contributed by atoms with Gasteiger partial charge in [0.15, 0.2) is 0 Å². The topological polar surface area (TPSA) is 47.4 Å². The molecule has 5 nitrogen and oxygen atoms in total. The van der Waals surface area contributed by atoms with Crippen molar-refractivity contribution >= 4 is 5.91 Å². The Morgan fingerprint density at radius 2 is 2.27 bits per heavy atom. The van der Waals surface area contributed by atoms with Crippen molar-refractivity contribution in [3.63, 3.8) is 0 Å². The lowest BCUT2D eigenvalue weighted by molar-refractivity contribution is -0.135. The van der Waals surface area contributed by atoms with Crippen molar-refractivity contribution in [2.45, 2.75) is 13.5 Å². The van der Waals surface area contributed by atoms with E-state index in [4.69, 9.17) is 4.74 Å². The lowest BCUT2D eigenvalue weighted by Crippen LogP contribution is -2.42. The van der Waals surface area contributed by atoms with Crippen LogP contribution in [0.25, 0.3) is 0 Å². The Balaban J connectivity index is 1.94. The molecular formula is C10H15N3O2. The number of rotatable bonds is 2. The number of carbonyl (C=O) groups is 1. The molecule has 2 rings (SSSR count). The van der Waals surface area contributed by atoms with Crippen LogP contribution in [0.1, 0.15) is 5.82 Å². The van der Waals surface area contributed by atoms with Crippen LogP contribution in [0.2, 0.25) is 0 Å². The highest BCUT2D eigenvalue weighted by Gasteiger charge is 2.17. The molecule has 2 heterocycles. The molecule has 0 spiro atoms. The smallest absolute Gasteiger partial charge is 0.242 e. The highest BCUT2D eigenvalue weighted by Crippen LogP contribution is 2.01. The Kier molecular flexibility index (Phi) is 3.01. The minimum Gasteiger partial charge on any atom is -0.378 e. The standard InChI is InChI=1S/C10H15N3O2/c1-9-11-2-3-13(9)8-10(14)12-4-6-15-7-5-12/h2-3H,4-8H2,1H3. The number of aryl methyl sites for hydroxylation is 1. The average molecular weight is 209 g/mol. The summed E-state index contributed by atoms with van der Waals surface area (Å²) < 4.78 is 7.05. The van der Waals surface area contributed by atoms with Crippen LogP contribution in [0.3, 0.4) is 0 Å². The van der Waals surface area contributed by atoms with Crippen molar-refractivity contribution in [2.75, 3.05) is 26.3 Å². The third-order valence-corrected chi connectivity index (χ3v) is 2.59. The van der Waals surface area contributed by atoms with Crippen LogP contribution in [0, 0.1) is 6.92 Å². The number of nitrogens with zero attached hydrogens (tertiary/aromatic N) is 3. The van der Waals surface area contributed by atoms with E-state index in [1.165, 1.54) is 0 Å². The van der Waals surface area contributed by atoms with E-state index in [0.717, 1.165) is 5.82 Å². The third-order valence-electron chi connectivity index (χ3n) is 2.59. The lowest BCUT2D eigenvalue weighted by Gasteiger charge is -2.27. The summed E-state index contributed by atoms with van der Waals surface area (Å²) in [5, 5.41) is 0. The molecule has 1 saturated heterocycles. The van der Waals surface area contributed by atoms with Gasteiger partial charge in [-0.25, -0.2) is 4.98 Å². The van der Waals surface area contributed by atoms with Crippen LogP contribution < -0.4 is 0 Å². The highest BCUT2D eigenvalue weighted by molar-refractivity contribution is 5.76. The van der Waals surface area contributed by atoms with E-state index < -0.39 is 0 Å². The van der Waals surface area contributed by atoms with Gasteiger partial charge in [-0.3, -0.25) is 4.79 Å². The molecule has 1 aromatic heterocycles. The summed E-state index contributed by atoms with van der Waals surface area (Å²) in [6.07, 6.45) is 3.54. The molecular weight excluding hydrogens is 194 g/mol. The fourth-order valence-electron chi connectivity index (χ4n) is 1.63. The fraction of sp³-hybridized carbons (Fsp3) is 0.600. The number of hydrogen-bond acceptors (Lipinski definition) is 3. The monoisotopic (exact) mass is 209 g/mol. The second-order valence-electron chi connectivity index (χ2n) is 3.60. The van der Waals surface area contributed by atoms with Crippen LogP contribution in [0.4, 0.5) is 0 Å². The predicted molar refractivity (Wildman–Crippen MR) is 54.4 cm³/mol. The van der Waals surface area contributed by atoms with E-state index in [2.05, 4.69) is 4.98 Å². The molecule has 1 amide bonds. The first-order chi connectivity index (χ1) is 7.27. The summed E-state index contributed by atoms with van der Waals surface area (Å²) >= 11 is 0. The Morgan fingerprint density at radius 3 is 2.87 bits per heavy atom. The minimum atomic E-state index is 0.138. The summed E-state index contributed by atoms with van der Waals surface area (Å²) in [4.78, 5) is 17.8. The van der Waals surface area contributed by atoms with Crippen molar-refractivity contribution in [2.24, 2.45) is 0 Å². The molecule has 0 atom stereocenters. The van der Waals surface area contributed by atoms with E-state index in [1.54, 1.807) is 6.20 Å².